The molecule has 1 fully saturated rings. The van der Waals surface area contributed by atoms with Crippen molar-refractivity contribution < 1.29 is 0 Å². The molecule has 0 saturated heterocycles. The van der Waals surface area contributed by atoms with Crippen LogP contribution in [0, 0.1) is 0 Å². The second kappa shape index (κ2) is 7.01. The second-order valence-corrected chi connectivity index (χ2v) is 6.72. The number of thioether (sulfide) groups is 1. The Morgan fingerprint density at radius 2 is 2.06 bits per heavy atom. The van der Waals surface area contributed by atoms with Gasteiger partial charge in [0.15, 0.2) is 0 Å². The van der Waals surface area contributed by atoms with Crippen molar-refractivity contribution in [3.8, 4) is 0 Å². The van der Waals surface area contributed by atoms with E-state index in [1.165, 1.54) is 25.7 Å². The lowest BCUT2D eigenvalue weighted by atomic mass is 10.1. The van der Waals surface area contributed by atoms with E-state index in [9.17, 15) is 0 Å². The molecule has 1 unspecified atom stereocenters. The van der Waals surface area contributed by atoms with E-state index in [1.807, 2.05) is 23.9 Å². The van der Waals surface area contributed by atoms with E-state index in [0.717, 1.165) is 16.6 Å². The van der Waals surface area contributed by atoms with Gasteiger partial charge in [-0.15, -0.1) is 0 Å². The molecule has 2 rings (SSSR count). The quantitative estimate of drug-likeness (QED) is 0.633. The van der Waals surface area contributed by atoms with E-state index in [4.69, 9.17) is 29.0 Å². The molecule has 1 aromatic carbocycles. The van der Waals surface area contributed by atoms with Crippen molar-refractivity contribution in [3.05, 3.63) is 33.8 Å². The van der Waals surface area contributed by atoms with Gasteiger partial charge in [-0.25, -0.2) is 0 Å². The van der Waals surface area contributed by atoms with E-state index in [-0.39, 0.29) is 6.04 Å². The summed E-state index contributed by atoms with van der Waals surface area (Å²) in [5, 5.41) is 1.97. The van der Waals surface area contributed by atoms with Crippen molar-refractivity contribution in [1.82, 2.24) is 5.43 Å². The molecule has 0 aromatic heterocycles. The zero-order chi connectivity index (χ0) is 13.0. The fraction of sp³-hybridized carbons (Fsp3) is 0.538. The van der Waals surface area contributed by atoms with E-state index in [1.54, 1.807) is 6.07 Å². The third-order valence-electron chi connectivity index (χ3n) is 3.36. The average Bonchev–Trinajstić information content (AvgIpc) is 2.88. The summed E-state index contributed by atoms with van der Waals surface area (Å²) in [7, 11) is 0. The van der Waals surface area contributed by atoms with Gasteiger partial charge in [0.25, 0.3) is 0 Å². The highest BCUT2D eigenvalue weighted by molar-refractivity contribution is 7.99. The highest BCUT2D eigenvalue weighted by atomic mass is 35.5. The lowest BCUT2D eigenvalue weighted by Crippen LogP contribution is -2.30. The van der Waals surface area contributed by atoms with Crippen LogP contribution >= 0.6 is 35.0 Å². The summed E-state index contributed by atoms with van der Waals surface area (Å²) in [5.74, 6) is 6.58. The largest absolute Gasteiger partial charge is 0.271 e. The third kappa shape index (κ3) is 3.55. The van der Waals surface area contributed by atoms with Crippen LogP contribution < -0.4 is 11.3 Å². The van der Waals surface area contributed by atoms with Crippen LogP contribution in [0.2, 0.25) is 10.0 Å². The molecule has 2 nitrogen and oxygen atoms in total. The number of hydrazine groups is 1. The molecule has 0 heterocycles. The standard InChI is InChI=1S/C13H18Cl2N2S/c14-11-7-3-6-10(13(11)15)12(17-16)8-18-9-4-1-2-5-9/h3,6-7,9,12,17H,1-2,4-5,8,16H2. The Morgan fingerprint density at radius 3 is 2.72 bits per heavy atom. The molecule has 3 N–H and O–H groups in total. The van der Waals surface area contributed by atoms with Gasteiger partial charge in [-0.1, -0.05) is 48.2 Å². The summed E-state index contributed by atoms with van der Waals surface area (Å²) >= 11 is 14.2. The number of nitrogens with two attached hydrogens (primary N) is 1. The predicted octanol–water partition coefficient (Wildman–Crippen LogP) is 4.17. The van der Waals surface area contributed by atoms with Crippen LogP contribution in [0.1, 0.15) is 37.3 Å². The molecule has 0 aliphatic heterocycles. The number of hydrogen-bond donors (Lipinski definition) is 2. The van der Waals surface area contributed by atoms with Crippen molar-refractivity contribution in [2.24, 2.45) is 5.84 Å². The molecule has 1 saturated carbocycles. The Hall–Kier alpha value is 0.0700. The summed E-state index contributed by atoms with van der Waals surface area (Å²) in [6, 6.07) is 5.74. The van der Waals surface area contributed by atoms with Gasteiger partial charge in [-0.3, -0.25) is 11.3 Å². The van der Waals surface area contributed by atoms with Crippen LogP contribution in [0.15, 0.2) is 18.2 Å². The van der Waals surface area contributed by atoms with Gasteiger partial charge < -0.3 is 0 Å². The molecule has 1 aromatic rings. The normalized spacial score (nSPS) is 18.2. The molecular formula is C13H18Cl2N2S. The van der Waals surface area contributed by atoms with Gasteiger partial charge in [-0.05, 0) is 24.5 Å². The van der Waals surface area contributed by atoms with Crippen LogP contribution in [0.5, 0.6) is 0 Å². The average molecular weight is 305 g/mol. The molecule has 1 aliphatic carbocycles. The van der Waals surface area contributed by atoms with Crippen LogP contribution in [0.25, 0.3) is 0 Å². The molecule has 1 aliphatic rings. The first-order valence-electron chi connectivity index (χ1n) is 6.24. The number of halogens is 2. The summed E-state index contributed by atoms with van der Waals surface area (Å²) < 4.78 is 0. The van der Waals surface area contributed by atoms with E-state index in [2.05, 4.69) is 5.43 Å². The first-order valence-corrected chi connectivity index (χ1v) is 8.04. The minimum absolute atomic E-state index is 0.0572. The molecule has 0 amide bonds. The highest BCUT2D eigenvalue weighted by Gasteiger charge is 2.20. The minimum Gasteiger partial charge on any atom is -0.271 e. The van der Waals surface area contributed by atoms with Crippen LogP contribution in [-0.4, -0.2) is 11.0 Å². The zero-order valence-electron chi connectivity index (χ0n) is 10.2. The number of hydrogen-bond acceptors (Lipinski definition) is 3. The molecule has 0 radical (unpaired) electrons. The molecule has 1 atom stereocenters. The van der Waals surface area contributed by atoms with Crippen LogP contribution in [0.4, 0.5) is 0 Å². The predicted molar refractivity (Wildman–Crippen MR) is 81.2 cm³/mol. The Labute approximate surface area is 123 Å². The fourth-order valence-corrected chi connectivity index (χ4v) is 4.15. The summed E-state index contributed by atoms with van der Waals surface area (Å²) in [5.41, 5.74) is 3.83. The maximum atomic E-state index is 6.23. The lowest BCUT2D eigenvalue weighted by Gasteiger charge is -2.19. The first-order chi connectivity index (χ1) is 8.72. The van der Waals surface area contributed by atoms with Gasteiger partial charge >= 0.3 is 0 Å². The highest BCUT2D eigenvalue weighted by Crippen LogP contribution is 2.35. The SMILES string of the molecule is NNC(CSC1CCCC1)c1cccc(Cl)c1Cl. The number of rotatable bonds is 5. The third-order valence-corrected chi connectivity index (χ3v) is 5.66. The Morgan fingerprint density at radius 1 is 1.33 bits per heavy atom. The maximum absolute atomic E-state index is 6.23. The molecular weight excluding hydrogens is 287 g/mol. The summed E-state index contributed by atoms with van der Waals surface area (Å²) in [4.78, 5) is 0. The van der Waals surface area contributed by atoms with Crippen LogP contribution in [-0.2, 0) is 0 Å². The van der Waals surface area contributed by atoms with E-state index >= 15 is 0 Å². The van der Waals surface area contributed by atoms with Gasteiger partial charge in [0.05, 0.1) is 16.1 Å². The van der Waals surface area contributed by atoms with E-state index < -0.39 is 0 Å². The van der Waals surface area contributed by atoms with Gasteiger partial charge in [-0.2, -0.15) is 11.8 Å². The van der Waals surface area contributed by atoms with Crippen molar-refractivity contribution >= 4 is 35.0 Å². The zero-order valence-corrected chi connectivity index (χ0v) is 12.5. The van der Waals surface area contributed by atoms with Crippen molar-refractivity contribution in [2.75, 3.05) is 5.75 Å². The van der Waals surface area contributed by atoms with Crippen molar-refractivity contribution in [1.29, 1.82) is 0 Å². The molecule has 0 spiro atoms. The summed E-state index contributed by atoms with van der Waals surface area (Å²) in [6.45, 7) is 0. The monoisotopic (exact) mass is 304 g/mol. The topological polar surface area (TPSA) is 38.0 Å². The van der Waals surface area contributed by atoms with Gasteiger partial charge in [0.2, 0.25) is 0 Å². The fourth-order valence-electron chi connectivity index (χ4n) is 2.30. The minimum atomic E-state index is 0.0572. The molecule has 100 valence electrons. The second-order valence-electron chi connectivity index (χ2n) is 4.60. The Balaban J connectivity index is 2.00. The van der Waals surface area contributed by atoms with E-state index in [0.29, 0.717) is 10.0 Å². The van der Waals surface area contributed by atoms with Gasteiger partial charge in [0.1, 0.15) is 0 Å². The smallest absolute Gasteiger partial charge is 0.0640 e. The number of nitrogens with one attached hydrogen (secondary N) is 1. The lowest BCUT2D eigenvalue weighted by molar-refractivity contribution is 0.609. The molecule has 5 heteroatoms. The maximum Gasteiger partial charge on any atom is 0.0640 e. The molecule has 18 heavy (non-hydrogen) atoms. The first kappa shape index (κ1) is 14.5. The van der Waals surface area contributed by atoms with Crippen molar-refractivity contribution in [3.63, 3.8) is 0 Å². The molecule has 0 bridgehead atoms. The van der Waals surface area contributed by atoms with Crippen LogP contribution in [0.3, 0.4) is 0 Å². The Kier molecular flexibility index (Phi) is 5.64. The number of benzene rings is 1. The summed E-state index contributed by atoms with van der Waals surface area (Å²) in [6.07, 6.45) is 5.36. The van der Waals surface area contributed by atoms with Gasteiger partial charge in [0, 0.05) is 11.0 Å². The van der Waals surface area contributed by atoms with Crippen molar-refractivity contribution in [2.45, 2.75) is 37.0 Å². The Bertz CT molecular complexity index is 395.